The van der Waals surface area contributed by atoms with E-state index in [1.165, 1.54) is 6.92 Å². The van der Waals surface area contributed by atoms with Gasteiger partial charge in [-0.1, -0.05) is 0 Å². The molecule has 14 heavy (non-hydrogen) atoms. The van der Waals surface area contributed by atoms with Crippen LogP contribution in [0.5, 0.6) is 0 Å². The number of fused-ring (bicyclic) bond motifs is 1. The monoisotopic (exact) mass is 301 g/mol. The van der Waals surface area contributed by atoms with Crippen LogP contribution in [0.2, 0.25) is 0 Å². The summed E-state index contributed by atoms with van der Waals surface area (Å²) in [5.41, 5.74) is 1.69. The predicted octanol–water partition coefficient (Wildman–Crippen LogP) is 1.90. The number of carbonyl (C=O) groups excluding carboxylic acids is 1. The molecule has 0 saturated carbocycles. The van der Waals surface area contributed by atoms with Crippen LogP contribution in [0.1, 0.15) is 6.92 Å². The quantitative estimate of drug-likeness (QED) is 0.818. The van der Waals surface area contributed by atoms with Gasteiger partial charge >= 0.3 is 0 Å². The number of halogens is 1. The number of hydrogen-bond acceptors (Lipinski definition) is 2. The maximum absolute atomic E-state index is 10.9. The number of rotatable bonds is 1. The molecule has 0 unspecified atom stereocenters. The normalized spacial score (nSPS) is 10.4. The van der Waals surface area contributed by atoms with Crippen LogP contribution in [-0.2, 0) is 4.79 Å². The first kappa shape index (κ1) is 9.45. The Morgan fingerprint density at radius 2 is 2.43 bits per heavy atom. The van der Waals surface area contributed by atoms with E-state index in [4.69, 9.17) is 0 Å². The minimum atomic E-state index is -0.0692. The molecule has 72 valence electrons. The van der Waals surface area contributed by atoms with E-state index in [9.17, 15) is 4.79 Å². The molecular formula is C9H8IN3O. The number of nitrogens with one attached hydrogen (secondary N) is 1. The number of aromatic nitrogens is 2. The molecule has 0 aliphatic carbocycles. The Kier molecular flexibility index (Phi) is 2.40. The highest BCUT2D eigenvalue weighted by Gasteiger charge is 2.03. The van der Waals surface area contributed by atoms with Crippen LogP contribution in [0, 0.1) is 3.57 Å². The second-order valence-electron chi connectivity index (χ2n) is 2.92. The Morgan fingerprint density at radius 3 is 3.14 bits per heavy atom. The van der Waals surface area contributed by atoms with Crippen LogP contribution < -0.4 is 5.32 Å². The van der Waals surface area contributed by atoms with Crippen molar-refractivity contribution < 1.29 is 4.79 Å². The minimum absolute atomic E-state index is 0.0692. The smallest absolute Gasteiger partial charge is 0.221 e. The third-order valence-electron chi connectivity index (χ3n) is 1.76. The van der Waals surface area contributed by atoms with Crippen molar-refractivity contribution in [1.29, 1.82) is 0 Å². The van der Waals surface area contributed by atoms with Crippen molar-refractivity contribution in [3.8, 4) is 0 Å². The van der Waals surface area contributed by atoms with Crippen LogP contribution in [0.25, 0.3) is 5.65 Å². The first-order valence-corrected chi connectivity index (χ1v) is 5.14. The molecule has 0 radical (unpaired) electrons. The van der Waals surface area contributed by atoms with E-state index in [0.29, 0.717) is 0 Å². The lowest BCUT2D eigenvalue weighted by Gasteiger charge is -2.04. The second-order valence-corrected chi connectivity index (χ2v) is 4.08. The van der Waals surface area contributed by atoms with Gasteiger partial charge in [0.05, 0.1) is 9.26 Å². The summed E-state index contributed by atoms with van der Waals surface area (Å²) in [6.07, 6.45) is 5.42. The van der Waals surface area contributed by atoms with E-state index in [1.807, 2.05) is 22.9 Å². The lowest BCUT2D eigenvalue weighted by molar-refractivity contribution is -0.114. The lowest BCUT2D eigenvalue weighted by atomic mass is 10.4. The summed E-state index contributed by atoms with van der Waals surface area (Å²) in [6.45, 7) is 1.49. The van der Waals surface area contributed by atoms with Gasteiger partial charge in [0.25, 0.3) is 0 Å². The highest BCUT2D eigenvalue weighted by atomic mass is 127. The number of imidazole rings is 1. The fourth-order valence-corrected chi connectivity index (χ4v) is 2.02. The molecule has 0 fully saturated rings. The number of pyridine rings is 1. The molecule has 4 nitrogen and oxygen atoms in total. The summed E-state index contributed by atoms with van der Waals surface area (Å²) in [5, 5.41) is 2.74. The zero-order valence-corrected chi connectivity index (χ0v) is 9.65. The van der Waals surface area contributed by atoms with E-state index in [0.717, 1.165) is 14.9 Å². The van der Waals surface area contributed by atoms with Crippen LogP contribution >= 0.6 is 22.6 Å². The topological polar surface area (TPSA) is 46.4 Å². The summed E-state index contributed by atoms with van der Waals surface area (Å²) in [7, 11) is 0. The van der Waals surface area contributed by atoms with Gasteiger partial charge in [-0.15, -0.1) is 0 Å². The Balaban J connectivity index is 2.53. The minimum Gasteiger partial charge on any atom is -0.325 e. The molecule has 2 aromatic rings. The number of nitrogens with zero attached hydrogens (tertiary/aromatic N) is 2. The zero-order chi connectivity index (χ0) is 10.1. The van der Waals surface area contributed by atoms with Gasteiger partial charge in [0.1, 0.15) is 5.65 Å². The molecular weight excluding hydrogens is 293 g/mol. The maximum Gasteiger partial charge on any atom is 0.221 e. The van der Waals surface area contributed by atoms with Gasteiger partial charge in [-0.25, -0.2) is 4.98 Å². The highest BCUT2D eigenvalue weighted by molar-refractivity contribution is 14.1. The molecule has 5 heteroatoms. The Labute approximate surface area is 94.5 Å². The number of anilines is 1. The summed E-state index contributed by atoms with van der Waals surface area (Å²) >= 11 is 2.19. The maximum atomic E-state index is 10.9. The fraction of sp³-hybridized carbons (Fsp3) is 0.111. The molecule has 0 atom stereocenters. The van der Waals surface area contributed by atoms with Gasteiger partial charge < -0.3 is 9.72 Å². The third kappa shape index (κ3) is 1.72. The number of amides is 1. The van der Waals surface area contributed by atoms with Crippen molar-refractivity contribution >= 4 is 39.8 Å². The molecule has 0 aliphatic rings. The molecule has 2 rings (SSSR count). The summed E-state index contributed by atoms with van der Waals surface area (Å²) in [5.74, 6) is -0.0692. The van der Waals surface area contributed by atoms with Crippen molar-refractivity contribution in [2.45, 2.75) is 6.92 Å². The van der Waals surface area contributed by atoms with Crippen LogP contribution in [0.3, 0.4) is 0 Å². The number of carbonyl (C=O) groups is 1. The molecule has 0 bridgehead atoms. The van der Waals surface area contributed by atoms with Crippen molar-refractivity contribution in [3.63, 3.8) is 0 Å². The van der Waals surface area contributed by atoms with Gasteiger partial charge in [0.15, 0.2) is 0 Å². The van der Waals surface area contributed by atoms with Gasteiger partial charge in [-0.3, -0.25) is 4.79 Å². The molecule has 2 aromatic heterocycles. The van der Waals surface area contributed by atoms with Crippen molar-refractivity contribution in [2.24, 2.45) is 0 Å². The third-order valence-corrected chi connectivity index (χ3v) is 2.56. The SMILES string of the molecule is CC(=O)Nc1cc(I)c2nccn2c1. The van der Waals surface area contributed by atoms with E-state index in [1.54, 1.807) is 6.20 Å². The highest BCUT2D eigenvalue weighted by Crippen LogP contribution is 2.17. The van der Waals surface area contributed by atoms with Crippen LogP contribution in [-0.4, -0.2) is 15.3 Å². The second kappa shape index (κ2) is 3.56. The molecule has 2 heterocycles. The molecule has 0 saturated heterocycles. The van der Waals surface area contributed by atoms with Crippen LogP contribution in [0.4, 0.5) is 5.69 Å². The molecule has 1 amide bonds. The van der Waals surface area contributed by atoms with Gasteiger partial charge in [0.2, 0.25) is 5.91 Å². The summed E-state index contributed by atoms with van der Waals surface area (Å²) < 4.78 is 2.89. The van der Waals surface area contributed by atoms with Gasteiger partial charge in [0, 0.05) is 25.5 Å². The first-order valence-electron chi connectivity index (χ1n) is 4.06. The Bertz CT molecular complexity index is 492. The van der Waals surface area contributed by atoms with E-state index < -0.39 is 0 Å². The summed E-state index contributed by atoms with van der Waals surface area (Å²) in [6, 6.07) is 1.89. The van der Waals surface area contributed by atoms with Gasteiger partial charge in [-0.2, -0.15) is 0 Å². The Morgan fingerprint density at radius 1 is 1.64 bits per heavy atom. The van der Waals surface area contributed by atoms with Crippen molar-refractivity contribution in [1.82, 2.24) is 9.38 Å². The van der Waals surface area contributed by atoms with Crippen LogP contribution in [0.15, 0.2) is 24.7 Å². The lowest BCUT2D eigenvalue weighted by Crippen LogP contribution is -2.06. The average molecular weight is 301 g/mol. The predicted molar refractivity (Wildman–Crippen MR) is 62.2 cm³/mol. The fourth-order valence-electron chi connectivity index (χ4n) is 1.26. The molecule has 1 N–H and O–H groups in total. The van der Waals surface area contributed by atoms with Gasteiger partial charge in [-0.05, 0) is 28.7 Å². The average Bonchev–Trinajstić information content (AvgIpc) is 2.50. The molecule has 0 spiro atoms. The van der Waals surface area contributed by atoms with E-state index >= 15 is 0 Å². The zero-order valence-electron chi connectivity index (χ0n) is 7.49. The van der Waals surface area contributed by atoms with E-state index in [-0.39, 0.29) is 5.91 Å². The standard InChI is InChI=1S/C9H8IN3O/c1-6(14)12-7-4-8(10)9-11-2-3-13(9)5-7/h2-5H,1H3,(H,12,14). The largest absolute Gasteiger partial charge is 0.325 e. The van der Waals surface area contributed by atoms with Crippen molar-refractivity contribution in [3.05, 3.63) is 28.2 Å². The number of hydrogen-bond donors (Lipinski definition) is 1. The molecule has 0 aromatic carbocycles. The Hall–Kier alpha value is -1.11. The van der Waals surface area contributed by atoms with Crippen molar-refractivity contribution in [2.75, 3.05) is 5.32 Å². The van der Waals surface area contributed by atoms with E-state index in [2.05, 4.69) is 32.9 Å². The first-order chi connectivity index (χ1) is 6.66. The molecule has 0 aliphatic heterocycles. The summed E-state index contributed by atoms with van der Waals surface area (Å²) in [4.78, 5) is 15.0.